The van der Waals surface area contributed by atoms with Crippen LogP contribution in [0.15, 0.2) is 47.4 Å². The van der Waals surface area contributed by atoms with Crippen LogP contribution in [0.5, 0.6) is 0 Å². The van der Waals surface area contributed by atoms with E-state index in [2.05, 4.69) is 36.1 Å². The quantitative estimate of drug-likeness (QED) is 0.744. The van der Waals surface area contributed by atoms with Gasteiger partial charge in [-0.3, -0.25) is 9.69 Å². The van der Waals surface area contributed by atoms with E-state index in [1.54, 1.807) is 11.8 Å². The van der Waals surface area contributed by atoms with Gasteiger partial charge in [0.25, 0.3) is 5.91 Å². The lowest BCUT2D eigenvalue weighted by Gasteiger charge is -2.35. The van der Waals surface area contributed by atoms with Gasteiger partial charge in [-0.1, -0.05) is 35.9 Å². The molecule has 1 amide bonds. The Kier molecular flexibility index (Phi) is 6.05. The van der Waals surface area contributed by atoms with E-state index in [0.717, 1.165) is 37.6 Å². The first kappa shape index (κ1) is 18.3. The van der Waals surface area contributed by atoms with Crippen LogP contribution in [0.1, 0.15) is 21.5 Å². The van der Waals surface area contributed by atoms with Gasteiger partial charge < -0.3 is 4.90 Å². The number of halogens is 1. The molecule has 0 N–H and O–H groups in total. The summed E-state index contributed by atoms with van der Waals surface area (Å²) in [6.45, 7) is 6.35. The first-order chi connectivity index (χ1) is 12.1. The molecule has 0 radical (unpaired) electrons. The third kappa shape index (κ3) is 4.38. The molecule has 2 aromatic rings. The van der Waals surface area contributed by atoms with Crippen LogP contribution in [0.4, 0.5) is 0 Å². The van der Waals surface area contributed by atoms with E-state index >= 15 is 0 Å². The second-order valence-corrected chi connectivity index (χ2v) is 7.63. The van der Waals surface area contributed by atoms with Crippen LogP contribution in [0.2, 0.25) is 5.02 Å². The van der Waals surface area contributed by atoms with Crippen molar-refractivity contribution in [1.29, 1.82) is 0 Å². The van der Waals surface area contributed by atoms with Crippen LogP contribution in [0.25, 0.3) is 0 Å². The molecule has 5 heteroatoms. The molecule has 1 fully saturated rings. The highest BCUT2D eigenvalue weighted by Gasteiger charge is 2.24. The summed E-state index contributed by atoms with van der Waals surface area (Å²) in [5, 5.41) is 0.533. The monoisotopic (exact) mass is 374 g/mol. The van der Waals surface area contributed by atoms with Gasteiger partial charge in [0.1, 0.15) is 0 Å². The molecule has 1 aliphatic rings. The molecular weight excluding hydrogens is 352 g/mol. The molecule has 3 nitrogen and oxygen atoms in total. The normalized spacial score (nSPS) is 15.4. The van der Waals surface area contributed by atoms with Crippen molar-refractivity contribution in [3.8, 4) is 0 Å². The highest BCUT2D eigenvalue weighted by molar-refractivity contribution is 7.98. The van der Waals surface area contributed by atoms with Gasteiger partial charge in [0.2, 0.25) is 0 Å². The maximum absolute atomic E-state index is 12.8. The van der Waals surface area contributed by atoms with Crippen molar-refractivity contribution in [2.75, 3.05) is 32.4 Å². The van der Waals surface area contributed by atoms with Crippen molar-refractivity contribution < 1.29 is 4.79 Å². The number of piperazine rings is 1. The molecule has 1 aliphatic heterocycles. The van der Waals surface area contributed by atoms with Gasteiger partial charge in [0.05, 0.1) is 10.6 Å². The van der Waals surface area contributed by atoms with Crippen molar-refractivity contribution >= 4 is 29.3 Å². The van der Waals surface area contributed by atoms with Crippen molar-refractivity contribution in [1.82, 2.24) is 9.80 Å². The zero-order valence-corrected chi connectivity index (χ0v) is 16.2. The molecule has 0 unspecified atom stereocenters. The van der Waals surface area contributed by atoms with Crippen LogP contribution in [0.3, 0.4) is 0 Å². The SMILES string of the molecule is CSc1ccc(Cl)c(C(=O)N2CCN(Cc3ccccc3C)CC2)c1. The second-order valence-electron chi connectivity index (χ2n) is 6.34. The number of hydrogen-bond acceptors (Lipinski definition) is 3. The Labute approximate surface area is 159 Å². The Bertz CT molecular complexity index is 757. The van der Waals surface area contributed by atoms with Gasteiger partial charge in [0, 0.05) is 37.6 Å². The molecule has 0 spiro atoms. The summed E-state index contributed by atoms with van der Waals surface area (Å²) in [5.74, 6) is 0.0384. The summed E-state index contributed by atoms with van der Waals surface area (Å²) in [4.78, 5) is 18.2. The maximum Gasteiger partial charge on any atom is 0.255 e. The molecule has 0 aromatic heterocycles. The third-order valence-electron chi connectivity index (χ3n) is 4.72. The topological polar surface area (TPSA) is 23.6 Å². The fourth-order valence-corrected chi connectivity index (χ4v) is 3.74. The molecule has 0 aliphatic carbocycles. The summed E-state index contributed by atoms with van der Waals surface area (Å²) >= 11 is 7.87. The summed E-state index contributed by atoms with van der Waals surface area (Å²) in [5.41, 5.74) is 3.29. The van der Waals surface area contributed by atoms with Gasteiger partial charge in [-0.2, -0.15) is 0 Å². The zero-order valence-electron chi connectivity index (χ0n) is 14.7. The number of hydrogen-bond donors (Lipinski definition) is 0. The van der Waals surface area contributed by atoms with E-state index in [0.29, 0.717) is 10.6 Å². The molecule has 1 heterocycles. The van der Waals surface area contributed by atoms with E-state index in [1.807, 2.05) is 29.4 Å². The summed E-state index contributed by atoms with van der Waals surface area (Å²) in [6, 6.07) is 14.1. The second kappa shape index (κ2) is 8.26. The number of nitrogens with zero attached hydrogens (tertiary/aromatic N) is 2. The van der Waals surface area contributed by atoms with Crippen molar-refractivity contribution in [3.63, 3.8) is 0 Å². The lowest BCUT2D eigenvalue weighted by molar-refractivity contribution is 0.0628. The zero-order chi connectivity index (χ0) is 17.8. The lowest BCUT2D eigenvalue weighted by atomic mass is 10.1. The van der Waals surface area contributed by atoms with Gasteiger partial charge in [-0.25, -0.2) is 0 Å². The fourth-order valence-electron chi connectivity index (χ4n) is 3.10. The van der Waals surface area contributed by atoms with Gasteiger partial charge in [-0.05, 0) is 42.5 Å². The van der Waals surface area contributed by atoms with Crippen LogP contribution >= 0.6 is 23.4 Å². The number of thioether (sulfide) groups is 1. The van der Waals surface area contributed by atoms with Crippen LogP contribution in [-0.4, -0.2) is 48.1 Å². The minimum absolute atomic E-state index is 0.0384. The predicted molar refractivity (Wildman–Crippen MR) is 106 cm³/mol. The smallest absolute Gasteiger partial charge is 0.255 e. The number of amides is 1. The molecule has 2 aromatic carbocycles. The third-order valence-corrected chi connectivity index (χ3v) is 5.77. The van der Waals surface area contributed by atoms with Gasteiger partial charge >= 0.3 is 0 Å². The summed E-state index contributed by atoms with van der Waals surface area (Å²) < 4.78 is 0. The number of rotatable bonds is 4. The van der Waals surface area contributed by atoms with Crippen molar-refractivity contribution in [2.24, 2.45) is 0 Å². The summed E-state index contributed by atoms with van der Waals surface area (Å²) in [6.07, 6.45) is 2.00. The van der Waals surface area contributed by atoms with E-state index in [4.69, 9.17) is 11.6 Å². The largest absolute Gasteiger partial charge is 0.336 e. The Morgan fingerprint density at radius 3 is 2.52 bits per heavy atom. The minimum atomic E-state index is 0.0384. The molecule has 3 rings (SSSR count). The average molecular weight is 375 g/mol. The molecule has 25 heavy (non-hydrogen) atoms. The van der Waals surface area contributed by atoms with E-state index in [1.165, 1.54) is 11.1 Å². The van der Waals surface area contributed by atoms with Crippen LogP contribution < -0.4 is 0 Å². The number of aryl methyl sites for hydroxylation is 1. The molecule has 0 atom stereocenters. The number of carbonyl (C=O) groups excluding carboxylic acids is 1. The Hall–Kier alpha value is -1.49. The van der Waals surface area contributed by atoms with E-state index in [-0.39, 0.29) is 5.91 Å². The van der Waals surface area contributed by atoms with Crippen LogP contribution in [0, 0.1) is 6.92 Å². The van der Waals surface area contributed by atoms with E-state index in [9.17, 15) is 4.79 Å². The Balaban J connectivity index is 1.62. The van der Waals surface area contributed by atoms with Crippen molar-refractivity contribution in [2.45, 2.75) is 18.4 Å². The molecule has 0 bridgehead atoms. The number of benzene rings is 2. The standard InChI is InChI=1S/C20H23ClN2OS/c1-15-5-3-4-6-16(15)14-22-9-11-23(12-10-22)20(24)18-13-17(25-2)7-8-19(18)21/h3-8,13H,9-12,14H2,1-2H3. The van der Waals surface area contributed by atoms with Gasteiger partial charge in [-0.15, -0.1) is 11.8 Å². The first-order valence-electron chi connectivity index (χ1n) is 8.48. The Morgan fingerprint density at radius 2 is 1.84 bits per heavy atom. The lowest BCUT2D eigenvalue weighted by Crippen LogP contribution is -2.48. The molecule has 132 valence electrons. The number of carbonyl (C=O) groups is 1. The fraction of sp³-hybridized carbons (Fsp3) is 0.350. The molecular formula is C20H23ClN2OS. The first-order valence-corrected chi connectivity index (χ1v) is 10.1. The van der Waals surface area contributed by atoms with Crippen molar-refractivity contribution in [3.05, 3.63) is 64.2 Å². The van der Waals surface area contributed by atoms with E-state index < -0.39 is 0 Å². The highest BCUT2D eigenvalue weighted by atomic mass is 35.5. The average Bonchev–Trinajstić information content (AvgIpc) is 2.64. The molecule has 1 saturated heterocycles. The summed E-state index contributed by atoms with van der Waals surface area (Å²) in [7, 11) is 0. The minimum Gasteiger partial charge on any atom is -0.336 e. The predicted octanol–water partition coefficient (Wildman–Crippen LogP) is 4.33. The highest BCUT2D eigenvalue weighted by Crippen LogP contribution is 2.25. The molecule has 0 saturated carbocycles. The van der Waals surface area contributed by atoms with Gasteiger partial charge in [0.15, 0.2) is 0 Å². The maximum atomic E-state index is 12.8. The van der Waals surface area contributed by atoms with Crippen LogP contribution in [-0.2, 0) is 6.54 Å². The Morgan fingerprint density at radius 1 is 1.12 bits per heavy atom.